The first kappa shape index (κ1) is 77.2. The molecule has 0 radical (unpaired) electrons. The van der Waals surface area contributed by atoms with E-state index in [0.29, 0.717) is 58.1 Å². The fourth-order valence-corrected chi connectivity index (χ4v) is 11.9. The predicted molar refractivity (Wildman–Crippen MR) is 380 cm³/mol. The number of halogens is 1. The number of benzene rings is 4. The number of aliphatic hydroxyl groups is 1. The molecule has 104 heavy (non-hydrogen) atoms. The molecule has 0 aliphatic carbocycles. The van der Waals surface area contributed by atoms with Crippen molar-refractivity contribution in [2.75, 3.05) is 141 Å². The van der Waals surface area contributed by atoms with Gasteiger partial charge in [0, 0.05) is 125 Å². The van der Waals surface area contributed by atoms with Crippen LogP contribution >= 0.6 is 11.6 Å². The molecule has 1 saturated heterocycles. The van der Waals surface area contributed by atoms with Crippen molar-refractivity contribution >= 4 is 111 Å². The number of imidazole rings is 1. The zero-order valence-corrected chi connectivity index (χ0v) is 59.0. The van der Waals surface area contributed by atoms with Crippen molar-refractivity contribution in [2.45, 2.75) is 58.2 Å². The number of rotatable bonds is 32. The van der Waals surface area contributed by atoms with Gasteiger partial charge in [0.15, 0.2) is 0 Å². The molecule has 3 aliphatic heterocycles. The van der Waals surface area contributed by atoms with Crippen molar-refractivity contribution in [3.05, 3.63) is 137 Å². The van der Waals surface area contributed by atoms with Crippen molar-refractivity contribution in [1.82, 2.24) is 49.8 Å². The summed E-state index contributed by atoms with van der Waals surface area (Å²) < 4.78 is 35.2. The van der Waals surface area contributed by atoms with Crippen LogP contribution in [-0.2, 0) is 44.7 Å². The highest BCUT2D eigenvalue weighted by Crippen LogP contribution is 2.47. The van der Waals surface area contributed by atoms with Gasteiger partial charge < -0.3 is 94.7 Å². The number of alkyl carbamates (subject to hydrolysis) is 1. The summed E-state index contributed by atoms with van der Waals surface area (Å²) in [6.45, 7) is 7.24. The van der Waals surface area contributed by atoms with Crippen molar-refractivity contribution < 1.29 is 86.3 Å². The third-order valence-corrected chi connectivity index (χ3v) is 17.7. The number of aryl methyl sites for hydroxylation is 1. The molecular weight excluding hydrogens is 1370 g/mol. The van der Waals surface area contributed by atoms with E-state index in [2.05, 4.69) is 36.5 Å². The predicted octanol–water partition coefficient (Wildman–Crippen LogP) is 5.42. The zero-order chi connectivity index (χ0) is 74.6. The van der Waals surface area contributed by atoms with E-state index in [9.17, 15) is 57.8 Å². The lowest BCUT2D eigenvalue weighted by Crippen LogP contribution is -2.54. The molecule has 8 N–H and O–H groups in total. The molecule has 1 fully saturated rings. The van der Waals surface area contributed by atoms with Gasteiger partial charge in [0.25, 0.3) is 23.6 Å². The molecular formula is C71H85ClN14O18. The van der Waals surface area contributed by atoms with Gasteiger partial charge in [-0.15, -0.1) is 11.6 Å². The minimum atomic E-state index is -1.17. The van der Waals surface area contributed by atoms with Crippen LogP contribution in [0, 0.1) is 12.8 Å². The highest BCUT2D eigenvalue weighted by Gasteiger charge is 2.38. The third kappa shape index (κ3) is 20.7. The first-order chi connectivity index (χ1) is 50.0. The number of nitrogens with two attached hydrogens (primary N) is 1. The number of aromatic nitrogens is 2. The van der Waals surface area contributed by atoms with Gasteiger partial charge in [0.05, 0.1) is 51.0 Å². The largest absolute Gasteiger partial charge is 0.447 e. The van der Waals surface area contributed by atoms with Gasteiger partial charge in [-0.05, 0) is 103 Å². The van der Waals surface area contributed by atoms with E-state index < -0.39 is 83.8 Å². The van der Waals surface area contributed by atoms with Crippen LogP contribution in [-0.4, -0.2) is 242 Å². The molecule has 0 bridgehead atoms. The number of carbonyl (C=O) groups is 11. The number of piperazine rings is 1. The van der Waals surface area contributed by atoms with Gasteiger partial charge >= 0.3 is 30.4 Å². The fraction of sp³-hybridized carbons (Fsp3) is 0.408. The van der Waals surface area contributed by atoms with Gasteiger partial charge in [-0.1, -0.05) is 44.2 Å². The summed E-state index contributed by atoms with van der Waals surface area (Å²) in [7, 11) is 3.47. The Hall–Kier alpha value is -10.9. The molecule has 9 rings (SSSR count). The Morgan fingerprint density at radius 3 is 2.19 bits per heavy atom. The lowest BCUT2D eigenvalue weighted by atomic mass is 9.92. The summed E-state index contributed by atoms with van der Waals surface area (Å²) in [6.07, 6.45) is 2.79. The first-order valence-corrected chi connectivity index (χ1v) is 34.3. The number of hydrogen-bond donors (Lipinski definition) is 7. The third-order valence-electron chi connectivity index (χ3n) is 17.3. The summed E-state index contributed by atoms with van der Waals surface area (Å²) in [6, 6.07) is 19.9. The number of nitrogens with zero attached hydrogens (tertiary/aromatic N) is 8. The number of carbonyl (C=O) groups excluding carboxylic acids is 11. The van der Waals surface area contributed by atoms with Crippen LogP contribution in [0.4, 0.5) is 41.0 Å². The number of aliphatic hydroxyl groups excluding tert-OH is 1. The summed E-state index contributed by atoms with van der Waals surface area (Å²) in [5.74, 6) is -3.37. The number of imide groups is 1. The summed E-state index contributed by atoms with van der Waals surface area (Å²) in [5, 5.41) is 24.1. The van der Waals surface area contributed by atoms with E-state index in [1.807, 2.05) is 32.2 Å². The van der Waals surface area contributed by atoms with Crippen LogP contribution in [0.2, 0.25) is 0 Å². The molecule has 5 heterocycles. The van der Waals surface area contributed by atoms with Gasteiger partial charge in [0.2, 0.25) is 11.8 Å². The smallest absolute Gasteiger partial charge is 0.415 e. The average Bonchev–Trinajstić information content (AvgIpc) is 1.56. The number of ether oxygens (including phenoxy) is 6. The lowest BCUT2D eigenvalue weighted by Gasteiger charge is -2.31. The minimum absolute atomic E-state index is 0.00353. The van der Waals surface area contributed by atoms with E-state index in [1.165, 1.54) is 16.8 Å². The van der Waals surface area contributed by atoms with Crippen LogP contribution in [0.15, 0.2) is 109 Å². The minimum Gasteiger partial charge on any atom is -0.447 e. The number of pyridine rings is 1. The highest BCUT2D eigenvalue weighted by molar-refractivity contribution is 6.19. The lowest BCUT2D eigenvalue weighted by molar-refractivity contribution is -0.137. The molecule has 0 saturated carbocycles. The number of amides is 12. The van der Waals surface area contributed by atoms with Gasteiger partial charge in [-0.3, -0.25) is 33.7 Å². The number of primary amides is 1. The molecule has 6 aromatic rings. The van der Waals surface area contributed by atoms with Gasteiger partial charge in [0.1, 0.15) is 48.1 Å². The van der Waals surface area contributed by atoms with Gasteiger partial charge in [-0.25, -0.2) is 29.0 Å². The Labute approximate surface area is 603 Å². The summed E-state index contributed by atoms with van der Waals surface area (Å²) in [5.41, 5.74) is 9.36. The van der Waals surface area contributed by atoms with Crippen LogP contribution < -0.4 is 46.7 Å². The standard InChI is InChI=1S/C71H85ClN14O18/c1-44(2)62(79-68(95)101-37-36-100-34-31-85-58(88)21-22-59(85)89)65(92)78-53(10-7-23-74-67(73)94)64(91)75-49-15-11-46(12-16-49)43-102-69(96)81(5)26-29-83(30-33-99-35-32-87)71(98)104-56-38-55-61(60-45(3)8-6-9-52(56)60)48(39-72)40-86(55)66(93)54-42-84-41-50(17-20-57(84)77-54)76-63(90)47-13-18-51(19-14-47)103-70(97)82-27-24-80(4)25-28-82/h6,8-9,11-22,38,41-42,44,48,53,62,87H,7,10,23-37,39-40,43H2,1-5H3,(H,75,91)(H,76,90)(H,78,92)(H,79,95)(H3,73,74,94)/t48-,53+,62+/m1/s1. The Bertz CT molecular complexity index is 4130. The monoisotopic (exact) mass is 1460 g/mol. The van der Waals surface area contributed by atoms with Crippen LogP contribution in [0.3, 0.4) is 0 Å². The maximum atomic E-state index is 14.8. The van der Waals surface area contributed by atoms with E-state index in [1.54, 1.807) is 107 Å². The maximum Gasteiger partial charge on any atom is 0.415 e. The Kier molecular flexibility index (Phi) is 27.3. The fourth-order valence-electron chi connectivity index (χ4n) is 11.6. The van der Waals surface area contributed by atoms with Crippen molar-refractivity contribution in [3.63, 3.8) is 0 Å². The van der Waals surface area contributed by atoms with E-state index >= 15 is 0 Å². The second-order valence-electron chi connectivity index (χ2n) is 25.1. The molecule has 3 atom stereocenters. The molecule has 32 nitrogen and oxygen atoms in total. The summed E-state index contributed by atoms with van der Waals surface area (Å²) in [4.78, 5) is 158. The van der Waals surface area contributed by atoms with E-state index in [-0.39, 0.29) is 122 Å². The number of nitrogens with one attached hydrogen (secondary N) is 5. The van der Waals surface area contributed by atoms with Crippen molar-refractivity contribution in [1.29, 1.82) is 0 Å². The number of urea groups is 1. The zero-order valence-electron chi connectivity index (χ0n) is 58.3. The molecule has 4 aromatic carbocycles. The molecule has 0 unspecified atom stereocenters. The van der Waals surface area contributed by atoms with E-state index in [0.717, 1.165) is 46.7 Å². The Morgan fingerprint density at radius 1 is 0.769 bits per heavy atom. The van der Waals surface area contributed by atoms with E-state index in [4.69, 9.17) is 45.8 Å². The van der Waals surface area contributed by atoms with Crippen molar-refractivity contribution in [2.24, 2.45) is 11.7 Å². The first-order valence-electron chi connectivity index (χ1n) is 33.8. The quantitative estimate of drug-likeness (QED) is 0.0157. The normalized spacial score (nSPS) is 14.8. The number of anilines is 3. The topological polar surface area (TPSA) is 386 Å². The van der Waals surface area contributed by atoms with Crippen molar-refractivity contribution in [3.8, 4) is 11.5 Å². The van der Waals surface area contributed by atoms with Crippen LogP contribution in [0.1, 0.15) is 70.1 Å². The SMILES string of the molecule is Cc1cccc2c(OC(=O)N(CCOCCO)CCN(C)C(=O)OCc3ccc(NC(=O)[C@H](CCCNC(N)=O)NC(=O)[C@@H](NC(=O)OCCOCCN4C(=O)C=CC4=O)C(C)C)cc3)cc3c(c12)[C@H](CCl)CN3C(=O)c1cn2cc(NC(=O)c3ccc(OC(=O)N4CCN(C)CC4)cc3)ccc2n1. The Balaban J connectivity index is 0.794. The molecule has 12 amide bonds. The molecule has 2 aromatic heterocycles. The van der Waals surface area contributed by atoms with Crippen LogP contribution in [0.5, 0.6) is 11.5 Å². The molecule has 33 heteroatoms. The van der Waals surface area contributed by atoms with Gasteiger partial charge in [-0.2, -0.15) is 0 Å². The van der Waals surface area contributed by atoms with Crippen LogP contribution in [0.25, 0.3) is 16.4 Å². The average molecular weight is 1460 g/mol. The Morgan fingerprint density at radius 2 is 1.49 bits per heavy atom. The number of alkyl halides is 1. The second-order valence-corrected chi connectivity index (χ2v) is 25.5. The number of hydrogen-bond acceptors (Lipinski definition) is 20. The molecule has 554 valence electrons. The maximum absolute atomic E-state index is 14.8. The number of fused-ring (bicyclic) bond motifs is 4. The number of likely N-dealkylation sites (N-methyl/N-ethyl adjacent to an activating group) is 2. The molecule has 3 aliphatic rings. The summed E-state index contributed by atoms with van der Waals surface area (Å²) >= 11 is 6.69. The second kappa shape index (κ2) is 36.8. The highest BCUT2D eigenvalue weighted by atomic mass is 35.5. The molecule has 0 spiro atoms.